The van der Waals surface area contributed by atoms with Gasteiger partial charge in [0.05, 0.1) is 12.5 Å². The summed E-state index contributed by atoms with van der Waals surface area (Å²) in [6.07, 6.45) is -1.52. The van der Waals surface area contributed by atoms with E-state index in [1.807, 2.05) is 0 Å². The monoisotopic (exact) mass is 176 g/mol. The molecule has 0 aliphatic heterocycles. The number of aliphatic hydroxyl groups excluding tert-OH is 1. The third-order valence-corrected chi connectivity index (χ3v) is 1.05. The molecule has 0 radical (unpaired) electrons. The number of aliphatic hydroxyl groups is 1. The van der Waals surface area contributed by atoms with Gasteiger partial charge >= 0.3 is 5.97 Å². The fourth-order valence-electron chi connectivity index (χ4n) is 0.518. The molecule has 0 aliphatic carbocycles. The van der Waals surface area contributed by atoms with Crippen molar-refractivity contribution in [3.63, 3.8) is 0 Å². The minimum Gasteiger partial charge on any atom is -0.436 e. The molecular weight excluding hydrogens is 164 g/mol. The highest BCUT2D eigenvalue weighted by Crippen LogP contribution is 1.94. The Morgan fingerprint density at radius 2 is 2.08 bits per heavy atom. The highest BCUT2D eigenvalue weighted by Gasteiger charge is 2.16. The van der Waals surface area contributed by atoms with Crippen LogP contribution in [0.25, 0.3) is 0 Å². The summed E-state index contributed by atoms with van der Waals surface area (Å²) in [5, 5.41) is 8.57. The molecule has 0 aromatic carbocycles. The molecule has 0 aliphatic rings. The molecule has 0 saturated heterocycles. The van der Waals surface area contributed by atoms with Crippen LogP contribution in [0.15, 0.2) is 0 Å². The minimum atomic E-state index is -1.20. The van der Waals surface area contributed by atoms with E-state index in [4.69, 9.17) is 16.6 Å². The molecule has 0 aromatic heterocycles. The van der Waals surface area contributed by atoms with Crippen LogP contribution in [-0.2, 0) is 14.3 Å². The Hall–Kier alpha value is -1.14. The van der Waals surface area contributed by atoms with E-state index in [0.29, 0.717) is 0 Å². The summed E-state index contributed by atoms with van der Waals surface area (Å²) < 4.78 is 4.30. The first-order valence-electron chi connectivity index (χ1n) is 3.36. The van der Waals surface area contributed by atoms with Crippen molar-refractivity contribution in [3.05, 3.63) is 0 Å². The van der Waals surface area contributed by atoms with Crippen LogP contribution in [0, 0.1) is 0 Å². The minimum absolute atomic E-state index is 0.319. The lowest BCUT2D eigenvalue weighted by atomic mass is 10.2. The molecule has 1 amide bonds. The third-order valence-electron chi connectivity index (χ3n) is 1.05. The van der Waals surface area contributed by atoms with E-state index in [-0.39, 0.29) is 6.42 Å². The van der Waals surface area contributed by atoms with Crippen molar-refractivity contribution < 1.29 is 19.4 Å². The Labute approximate surface area is 69.5 Å². The number of carbonyl (C=O) groups excluding carboxylic acids is 2. The zero-order chi connectivity index (χ0) is 9.72. The number of ether oxygens (including phenoxy) is 1. The second kappa shape index (κ2) is 4.68. The van der Waals surface area contributed by atoms with E-state index in [9.17, 15) is 9.59 Å². The van der Waals surface area contributed by atoms with Gasteiger partial charge in [-0.2, -0.15) is 0 Å². The van der Waals surface area contributed by atoms with E-state index in [0.717, 1.165) is 0 Å². The molecule has 0 bridgehead atoms. The van der Waals surface area contributed by atoms with Crippen LogP contribution in [-0.4, -0.2) is 29.3 Å². The molecule has 5 N–H and O–H groups in total. The smallest absolute Gasteiger partial charge is 0.310 e. The van der Waals surface area contributed by atoms with Gasteiger partial charge < -0.3 is 21.3 Å². The van der Waals surface area contributed by atoms with Gasteiger partial charge in [0.1, 0.15) is 0 Å². The predicted octanol–water partition coefficient (Wildman–Crippen LogP) is -1.93. The molecule has 0 rings (SSSR count). The number of hydrogen-bond donors (Lipinski definition) is 3. The first-order chi connectivity index (χ1) is 5.43. The van der Waals surface area contributed by atoms with E-state index in [1.165, 1.54) is 6.92 Å². The second-order valence-corrected chi connectivity index (χ2v) is 2.30. The van der Waals surface area contributed by atoms with Gasteiger partial charge in [0.25, 0.3) is 0 Å². The van der Waals surface area contributed by atoms with Crippen LogP contribution in [0.3, 0.4) is 0 Å². The molecule has 12 heavy (non-hydrogen) atoms. The topological polar surface area (TPSA) is 116 Å². The Kier molecular flexibility index (Phi) is 4.24. The molecule has 0 heterocycles. The molecule has 0 spiro atoms. The molecule has 0 aromatic rings. The Balaban J connectivity index is 3.77. The molecular formula is C6H12N2O4. The standard InChI is InChI=1S/C6H12N2O4/c1-3(9)12-5(10)2-4(7)6(8)11/h3-4,9H,2,7H2,1H3,(H2,8,11). The summed E-state index contributed by atoms with van der Waals surface area (Å²) in [6.45, 7) is 1.27. The van der Waals surface area contributed by atoms with Crippen LogP contribution in [0.5, 0.6) is 0 Å². The van der Waals surface area contributed by atoms with Crippen molar-refractivity contribution in [1.82, 2.24) is 0 Å². The highest BCUT2D eigenvalue weighted by molar-refractivity contribution is 5.85. The lowest BCUT2D eigenvalue weighted by Gasteiger charge is -2.09. The predicted molar refractivity (Wildman–Crippen MR) is 39.6 cm³/mol. The van der Waals surface area contributed by atoms with Gasteiger partial charge in [-0.05, 0) is 6.92 Å². The maximum absolute atomic E-state index is 10.7. The van der Waals surface area contributed by atoms with E-state index < -0.39 is 24.2 Å². The maximum Gasteiger partial charge on any atom is 0.310 e. The van der Waals surface area contributed by atoms with Crippen LogP contribution < -0.4 is 11.5 Å². The average Bonchev–Trinajstić information content (AvgIpc) is 1.84. The summed E-state index contributed by atoms with van der Waals surface area (Å²) in [5.74, 6) is -1.53. The summed E-state index contributed by atoms with van der Waals surface area (Å²) >= 11 is 0. The number of esters is 1. The molecule has 6 heteroatoms. The molecule has 0 saturated carbocycles. The first-order valence-corrected chi connectivity index (χ1v) is 3.36. The van der Waals surface area contributed by atoms with Crippen molar-refractivity contribution >= 4 is 11.9 Å². The van der Waals surface area contributed by atoms with Crippen molar-refractivity contribution in [2.75, 3.05) is 0 Å². The summed E-state index contributed by atoms with van der Waals surface area (Å²) in [5.41, 5.74) is 9.92. The normalized spacial score (nSPS) is 14.9. The number of carbonyl (C=O) groups is 2. The molecule has 2 atom stereocenters. The van der Waals surface area contributed by atoms with Crippen LogP contribution in [0.1, 0.15) is 13.3 Å². The number of rotatable bonds is 4. The number of amides is 1. The SMILES string of the molecule is CC(O)OC(=O)CC(N)C(N)=O. The van der Waals surface area contributed by atoms with Gasteiger partial charge in [-0.1, -0.05) is 0 Å². The molecule has 6 nitrogen and oxygen atoms in total. The van der Waals surface area contributed by atoms with Crippen molar-refractivity contribution in [2.24, 2.45) is 11.5 Å². The quantitative estimate of drug-likeness (QED) is 0.341. The van der Waals surface area contributed by atoms with E-state index in [1.54, 1.807) is 0 Å². The van der Waals surface area contributed by atoms with Crippen LogP contribution in [0.2, 0.25) is 0 Å². The molecule has 70 valence electrons. The lowest BCUT2D eigenvalue weighted by molar-refractivity contribution is -0.165. The first kappa shape index (κ1) is 10.9. The molecule has 0 fully saturated rings. The number of nitrogens with two attached hydrogens (primary N) is 2. The van der Waals surface area contributed by atoms with Crippen molar-refractivity contribution in [3.8, 4) is 0 Å². The average molecular weight is 176 g/mol. The van der Waals surface area contributed by atoms with Gasteiger partial charge in [0.15, 0.2) is 6.29 Å². The highest BCUT2D eigenvalue weighted by atomic mass is 16.6. The van der Waals surface area contributed by atoms with Gasteiger partial charge in [0.2, 0.25) is 5.91 Å². The van der Waals surface area contributed by atoms with Gasteiger partial charge in [0, 0.05) is 0 Å². The number of primary amides is 1. The Morgan fingerprint density at radius 1 is 1.58 bits per heavy atom. The van der Waals surface area contributed by atoms with Crippen molar-refractivity contribution in [1.29, 1.82) is 0 Å². The van der Waals surface area contributed by atoms with E-state index in [2.05, 4.69) is 4.74 Å². The summed E-state index contributed by atoms with van der Waals surface area (Å²) in [6, 6.07) is -1.06. The molecule has 2 unspecified atom stereocenters. The van der Waals surface area contributed by atoms with Gasteiger partial charge in [-0.15, -0.1) is 0 Å². The Morgan fingerprint density at radius 3 is 2.42 bits per heavy atom. The summed E-state index contributed by atoms with van der Waals surface area (Å²) in [7, 11) is 0. The zero-order valence-corrected chi connectivity index (χ0v) is 6.69. The Bertz CT molecular complexity index is 180. The van der Waals surface area contributed by atoms with Gasteiger partial charge in [-0.25, -0.2) is 0 Å². The number of hydrogen-bond acceptors (Lipinski definition) is 5. The maximum atomic E-state index is 10.7. The zero-order valence-electron chi connectivity index (χ0n) is 6.69. The van der Waals surface area contributed by atoms with E-state index >= 15 is 0 Å². The fraction of sp³-hybridized carbons (Fsp3) is 0.667. The van der Waals surface area contributed by atoms with Crippen LogP contribution >= 0.6 is 0 Å². The summed E-state index contributed by atoms with van der Waals surface area (Å²) in [4.78, 5) is 21.0. The third kappa shape index (κ3) is 4.64. The lowest BCUT2D eigenvalue weighted by Crippen LogP contribution is -2.38. The van der Waals surface area contributed by atoms with Crippen molar-refractivity contribution in [2.45, 2.75) is 25.7 Å². The largest absolute Gasteiger partial charge is 0.436 e. The van der Waals surface area contributed by atoms with Crippen LogP contribution in [0.4, 0.5) is 0 Å². The fourth-order valence-corrected chi connectivity index (χ4v) is 0.518. The second-order valence-electron chi connectivity index (χ2n) is 2.30. The van der Waals surface area contributed by atoms with Gasteiger partial charge in [-0.3, -0.25) is 9.59 Å².